The summed E-state index contributed by atoms with van der Waals surface area (Å²) in [6.07, 6.45) is 4.72. The van der Waals surface area contributed by atoms with Crippen LogP contribution in [0, 0.1) is 5.92 Å². The van der Waals surface area contributed by atoms with Crippen molar-refractivity contribution in [3.63, 3.8) is 0 Å². The summed E-state index contributed by atoms with van der Waals surface area (Å²) in [4.78, 5) is 34.4. The Morgan fingerprint density at radius 1 is 1.16 bits per heavy atom. The first-order valence-electron chi connectivity index (χ1n) is 13.3. The van der Waals surface area contributed by atoms with Gasteiger partial charge in [0.25, 0.3) is 0 Å². The Morgan fingerprint density at radius 3 is 2.79 bits per heavy atom. The highest BCUT2D eigenvalue weighted by Gasteiger charge is 2.35. The van der Waals surface area contributed by atoms with E-state index in [0.29, 0.717) is 18.7 Å². The lowest BCUT2D eigenvalue weighted by Crippen LogP contribution is -2.42. The number of methoxy groups -OCH3 is 1. The number of carboxylic acid groups (broad SMARTS) is 1. The van der Waals surface area contributed by atoms with E-state index in [0.717, 1.165) is 64.4 Å². The standard InChI is InChI=1S/C29H32N4O5/c1-16-6-8-21-23(32(16)29(37)38-2)10-11-24-25(21)31-27(33(24)20-5-3-4-19(15-20)28(35)36)26(34)18-7-9-22-17(14-18)12-13-30-22/h7,9-14,16,19-20,26,30,34H,3-6,8,15H2,1-2H3,(H,35,36)/t16-,19+,20+,26+/m0/s1. The number of carbonyl (C=O) groups excluding carboxylic acids is 1. The minimum atomic E-state index is -0.998. The number of nitrogens with zero attached hydrogens (tertiary/aromatic N) is 3. The number of amides is 1. The molecule has 2 aliphatic rings. The van der Waals surface area contributed by atoms with Crippen molar-refractivity contribution in [1.82, 2.24) is 14.5 Å². The molecule has 4 atom stereocenters. The van der Waals surface area contributed by atoms with Crippen LogP contribution in [0.3, 0.4) is 0 Å². The molecule has 0 radical (unpaired) electrons. The summed E-state index contributed by atoms with van der Waals surface area (Å²) in [5.74, 6) is -0.706. The SMILES string of the molecule is COC(=O)N1c2ccc3c(nc([C@H](O)c4ccc5[nH]ccc5c4)n3[C@@H]3CCC[C@@H](C(=O)O)C3)c2CC[C@@H]1C. The summed E-state index contributed by atoms with van der Waals surface area (Å²) in [6.45, 7) is 2.00. The van der Waals surface area contributed by atoms with Crippen LogP contribution < -0.4 is 4.90 Å². The van der Waals surface area contributed by atoms with E-state index in [4.69, 9.17) is 9.72 Å². The molecule has 2 aromatic heterocycles. The molecule has 198 valence electrons. The fourth-order valence-electron chi connectivity index (χ4n) is 6.38. The second kappa shape index (κ2) is 9.47. The Labute approximate surface area is 220 Å². The van der Waals surface area contributed by atoms with Gasteiger partial charge in [-0.2, -0.15) is 0 Å². The number of fused-ring (bicyclic) bond motifs is 4. The summed E-state index contributed by atoms with van der Waals surface area (Å²) in [6, 6.07) is 11.5. The monoisotopic (exact) mass is 516 g/mol. The largest absolute Gasteiger partial charge is 0.481 e. The van der Waals surface area contributed by atoms with E-state index in [1.165, 1.54) is 7.11 Å². The number of hydrogen-bond donors (Lipinski definition) is 3. The predicted molar refractivity (Wildman–Crippen MR) is 143 cm³/mol. The van der Waals surface area contributed by atoms with E-state index in [9.17, 15) is 19.8 Å². The first-order chi connectivity index (χ1) is 18.4. The van der Waals surface area contributed by atoms with Crippen LogP contribution in [0.1, 0.15) is 68.1 Å². The lowest BCUT2D eigenvalue weighted by Gasteiger charge is -2.34. The number of rotatable bonds is 4. The van der Waals surface area contributed by atoms with E-state index in [-0.39, 0.29) is 12.1 Å². The molecule has 3 N–H and O–H groups in total. The summed E-state index contributed by atoms with van der Waals surface area (Å²) < 4.78 is 7.14. The number of H-pyrrole nitrogens is 1. The summed E-state index contributed by atoms with van der Waals surface area (Å²) in [5, 5.41) is 22.5. The number of hydrogen-bond acceptors (Lipinski definition) is 5. The molecule has 9 nitrogen and oxygen atoms in total. The van der Waals surface area contributed by atoms with E-state index >= 15 is 0 Å². The summed E-state index contributed by atoms with van der Waals surface area (Å²) in [7, 11) is 1.38. The van der Waals surface area contributed by atoms with Crippen molar-refractivity contribution in [2.75, 3.05) is 12.0 Å². The van der Waals surface area contributed by atoms with Crippen LogP contribution in [0.15, 0.2) is 42.6 Å². The fourth-order valence-corrected chi connectivity index (χ4v) is 6.38. The maximum Gasteiger partial charge on any atom is 0.414 e. The maximum atomic E-state index is 12.7. The Bertz CT molecular complexity index is 1540. The number of aliphatic hydroxyl groups is 1. The van der Waals surface area contributed by atoms with Gasteiger partial charge in [0.05, 0.1) is 29.7 Å². The number of nitrogens with one attached hydrogen (secondary N) is 1. The number of aliphatic hydroxyl groups excluding tert-OH is 1. The molecule has 0 unspecified atom stereocenters. The van der Waals surface area contributed by atoms with Crippen molar-refractivity contribution in [1.29, 1.82) is 0 Å². The van der Waals surface area contributed by atoms with Gasteiger partial charge in [0.1, 0.15) is 11.9 Å². The zero-order valence-corrected chi connectivity index (χ0v) is 21.6. The number of aromatic nitrogens is 3. The Balaban J connectivity index is 1.53. The first-order valence-corrected chi connectivity index (χ1v) is 13.3. The molecular formula is C29H32N4O5. The average Bonchev–Trinajstić information content (AvgIpc) is 3.56. The quantitative estimate of drug-likeness (QED) is 0.338. The average molecular weight is 517 g/mol. The van der Waals surface area contributed by atoms with Gasteiger partial charge in [0.2, 0.25) is 0 Å². The minimum Gasteiger partial charge on any atom is -0.481 e. The molecule has 1 aliphatic heterocycles. The number of imidazole rings is 1. The number of aryl methyl sites for hydroxylation is 1. The van der Waals surface area contributed by atoms with Gasteiger partial charge in [-0.25, -0.2) is 9.78 Å². The maximum absolute atomic E-state index is 12.7. The number of carbonyl (C=O) groups is 2. The molecule has 38 heavy (non-hydrogen) atoms. The van der Waals surface area contributed by atoms with Crippen LogP contribution in [0.5, 0.6) is 0 Å². The first kappa shape index (κ1) is 24.5. The third kappa shape index (κ3) is 3.93. The predicted octanol–water partition coefficient (Wildman–Crippen LogP) is 5.32. The van der Waals surface area contributed by atoms with Crippen molar-refractivity contribution in [2.24, 2.45) is 5.92 Å². The molecule has 0 saturated heterocycles. The van der Waals surface area contributed by atoms with Crippen LogP contribution in [0.25, 0.3) is 21.9 Å². The van der Waals surface area contributed by atoms with Crippen molar-refractivity contribution in [3.05, 3.63) is 59.5 Å². The molecule has 1 fully saturated rings. The topological polar surface area (TPSA) is 121 Å². The van der Waals surface area contributed by atoms with Crippen molar-refractivity contribution >= 4 is 39.7 Å². The molecule has 0 bridgehead atoms. The van der Waals surface area contributed by atoms with Gasteiger partial charge < -0.3 is 24.5 Å². The molecule has 4 aromatic rings. The van der Waals surface area contributed by atoms with Crippen molar-refractivity contribution in [3.8, 4) is 0 Å². The Kier molecular flexibility index (Phi) is 6.10. The summed E-state index contributed by atoms with van der Waals surface area (Å²) >= 11 is 0. The second-order valence-corrected chi connectivity index (χ2v) is 10.6. The minimum absolute atomic E-state index is 0.0118. The smallest absolute Gasteiger partial charge is 0.414 e. The van der Waals surface area contributed by atoms with Crippen LogP contribution in [0.2, 0.25) is 0 Å². The second-order valence-electron chi connectivity index (χ2n) is 10.6. The van der Waals surface area contributed by atoms with Gasteiger partial charge in [0.15, 0.2) is 0 Å². The normalized spacial score (nSPS) is 22.4. The molecule has 1 aliphatic carbocycles. The van der Waals surface area contributed by atoms with Gasteiger partial charge in [-0.3, -0.25) is 9.69 Å². The Morgan fingerprint density at radius 2 is 2.00 bits per heavy atom. The zero-order valence-electron chi connectivity index (χ0n) is 21.6. The van der Waals surface area contributed by atoms with E-state index in [2.05, 4.69) is 9.55 Å². The van der Waals surface area contributed by atoms with Crippen molar-refractivity contribution < 1.29 is 24.5 Å². The molecule has 2 aromatic carbocycles. The van der Waals surface area contributed by atoms with E-state index in [1.54, 1.807) is 4.90 Å². The number of anilines is 1. The molecule has 1 saturated carbocycles. The van der Waals surface area contributed by atoms with Crippen LogP contribution >= 0.6 is 0 Å². The third-order valence-corrected chi connectivity index (χ3v) is 8.35. The highest BCUT2D eigenvalue weighted by atomic mass is 16.5. The number of aromatic amines is 1. The van der Waals surface area contributed by atoms with Crippen LogP contribution in [-0.4, -0.2) is 50.0 Å². The number of ether oxygens (including phenoxy) is 1. The van der Waals surface area contributed by atoms with Gasteiger partial charge >= 0.3 is 12.1 Å². The Hall–Kier alpha value is -3.85. The molecular weight excluding hydrogens is 484 g/mol. The van der Waals surface area contributed by atoms with Gasteiger partial charge in [-0.1, -0.05) is 12.5 Å². The number of carboxylic acids is 1. The molecule has 3 heterocycles. The number of benzene rings is 2. The third-order valence-electron chi connectivity index (χ3n) is 8.35. The van der Waals surface area contributed by atoms with Crippen molar-refractivity contribution in [2.45, 2.75) is 63.6 Å². The van der Waals surface area contributed by atoms with Gasteiger partial charge in [-0.05, 0) is 80.3 Å². The van der Waals surface area contributed by atoms with Gasteiger partial charge in [-0.15, -0.1) is 0 Å². The zero-order chi connectivity index (χ0) is 26.6. The van der Waals surface area contributed by atoms with E-state index < -0.39 is 24.1 Å². The summed E-state index contributed by atoms with van der Waals surface area (Å²) in [5.41, 5.74) is 5.03. The van der Waals surface area contributed by atoms with Crippen LogP contribution in [-0.2, 0) is 16.0 Å². The highest BCUT2D eigenvalue weighted by Crippen LogP contribution is 2.42. The fraction of sp³-hybridized carbons (Fsp3) is 0.414. The van der Waals surface area contributed by atoms with Crippen LogP contribution in [0.4, 0.5) is 10.5 Å². The lowest BCUT2D eigenvalue weighted by atomic mass is 9.85. The van der Waals surface area contributed by atoms with E-state index in [1.807, 2.05) is 49.5 Å². The number of aliphatic carboxylic acids is 1. The molecule has 0 spiro atoms. The highest BCUT2D eigenvalue weighted by molar-refractivity contribution is 5.95. The lowest BCUT2D eigenvalue weighted by molar-refractivity contribution is -0.143. The molecule has 9 heteroatoms. The molecule has 6 rings (SSSR count). The molecule has 1 amide bonds. The van der Waals surface area contributed by atoms with Gasteiger partial charge in [0, 0.05) is 29.4 Å².